The highest BCUT2D eigenvalue weighted by Crippen LogP contribution is 2.31. The van der Waals surface area contributed by atoms with Gasteiger partial charge in [0.15, 0.2) is 5.76 Å². The van der Waals surface area contributed by atoms with Gasteiger partial charge in [0, 0.05) is 18.6 Å². The lowest BCUT2D eigenvalue weighted by Crippen LogP contribution is -2.44. The fourth-order valence-corrected chi connectivity index (χ4v) is 4.60. The average Bonchev–Trinajstić information content (AvgIpc) is 3.51. The van der Waals surface area contributed by atoms with E-state index in [4.69, 9.17) is 19.0 Å². The highest BCUT2D eigenvalue weighted by molar-refractivity contribution is 6.12. The molecule has 0 saturated carbocycles. The van der Waals surface area contributed by atoms with E-state index in [1.54, 1.807) is 6.07 Å². The van der Waals surface area contributed by atoms with Crippen LogP contribution in [-0.4, -0.2) is 60.3 Å². The summed E-state index contributed by atoms with van der Waals surface area (Å²) in [5, 5.41) is 8.91. The normalized spacial score (nSPS) is 15.9. The van der Waals surface area contributed by atoms with Gasteiger partial charge in [-0.15, -0.1) is 0 Å². The number of benzene rings is 2. The molecule has 1 fully saturated rings. The Kier molecular flexibility index (Phi) is 9.10. The number of rotatable bonds is 12. The van der Waals surface area contributed by atoms with Gasteiger partial charge in [-0.05, 0) is 43.9 Å². The van der Waals surface area contributed by atoms with Crippen LogP contribution in [-0.2, 0) is 27.1 Å². The largest absolute Gasteiger partial charge is 0.457 e. The number of carbonyl (C=O) groups is 3. The molecule has 0 aliphatic carbocycles. The zero-order chi connectivity index (χ0) is 27.1. The molecule has 2 atom stereocenters. The predicted octanol–water partition coefficient (Wildman–Crippen LogP) is 4.61. The van der Waals surface area contributed by atoms with Gasteiger partial charge in [0.2, 0.25) is 11.7 Å². The number of hydrogen-bond donors (Lipinski definition) is 1. The Morgan fingerprint density at radius 2 is 1.89 bits per heavy atom. The first kappa shape index (κ1) is 27.3. The first-order valence-electron chi connectivity index (χ1n) is 12.9. The number of nitrogens with zero attached hydrogens (tertiary/aromatic N) is 1. The number of amides is 2. The van der Waals surface area contributed by atoms with Crippen molar-refractivity contribution >= 4 is 17.8 Å². The van der Waals surface area contributed by atoms with Gasteiger partial charge in [-0.1, -0.05) is 60.2 Å². The van der Waals surface area contributed by atoms with Crippen molar-refractivity contribution < 1.29 is 33.4 Å². The van der Waals surface area contributed by atoms with Crippen molar-refractivity contribution in [1.82, 2.24) is 4.90 Å². The predicted molar refractivity (Wildman–Crippen MR) is 141 cm³/mol. The summed E-state index contributed by atoms with van der Waals surface area (Å²) in [5.41, 5.74) is 3.72. The van der Waals surface area contributed by atoms with E-state index in [0.29, 0.717) is 31.6 Å². The van der Waals surface area contributed by atoms with Crippen LogP contribution in [0.1, 0.15) is 40.8 Å². The van der Waals surface area contributed by atoms with Crippen LogP contribution >= 0.6 is 0 Å². The lowest BCUT2D eigenvalue weighted by atomic mass is 9.98. The summed E-state index contributed by atoms with van der Waals surface area (Å²) in [6.07, 6.45) is 0.857. The molecule has 3 aromatic rings. The Hall–Kier alpha value is -3.75. The summed E-state index contributed by atoms with van der Waals surface area (Å²) in [6.45, 7) is 4.22. The number of ketones is 1. The zero-order valence-corrected chi connectivity index (χ0v) is 21.7. The summed E-state index contributed by atoms with van der Waals surface area (Å²) >= 11 is 0. The summed E-state index contributed by atoms with van der Waals surface area (Å²) in [4.78, 5) is 40.4. The molecule has 8 heteroatoms. The third-order valence-corrected chi connectivity index (χ3v) is 6.59. The Morgan fingerprint density at radius 3 is 2.63 bits per heavy atom. The molecule has 2 heterocycles. The van der Waals surface area contributed by atoms with Crippen molar-refractivity contribution in [1.29, 1.82) is 0 Å². The standard InChI is InChI=1S/C30H33NO7/c1-20-8-6-11-23(16-20)25-18-27(38-26(25)12-7-14-36-15-13-32)28(33)21(2)29(34)31-24(19-37-30(31)35)17-22-9-4-3-5-10-22/h3-6,8-11,16,18,21,24,32H,7,12-15,17,19H2,1-2H3/t21-,24-/m1/s1. The topological polar surface area (TPSA) is 106 Å². The maximum absolute atomic E-state index is 13.4. The van der Waals surface area contributed by atoms with Crippen LogP contribution in [0.15, 0.2) is 65.1 Å². The van der Waals surface area contributed by atoms with E-state index >= 15 is 0 Å². The first-order valence-corrected chi connectivity index (χ1v) is 12.9. The fraction of sp³-hybridized carbons (Fsp3) is 0.367. The fourth-order valence-electron chi connectivity index (χ4n) is 4.60. The minimum absolute atomic E-state index is 0.0450. The van der Waals surface area contributed by atoms with Crippen LogP contribution in [0.2, 0.25) is 0 Å². The van der Waals surface area contributed by atoms with Gasteiger partial charge in [-0.3, -0.25) is 9.59 Å². The first-order chi connectivity index (χ1) is 18.4. The number of Topliss-reactive ketones (excluding diaryl/α,β-unsaturated/α-hetero) is 1. The molecular formula is C30H33NO7. The SMILES string of the molecule is Cc1cccc(-c2cc(C(=O)[C@@H](C)C(=O)N3C(=O)OC[C@H]3Cc3ccccc3)oc2CCCOCCO)c1. The molecule has 2 amide bonds. The molecule has 1 aromatic heterocycles. The minimum Gasteiger partial charge on any atom is -0.457 e. The lowest BCUT2D eigenvalue weighted by molar-refractivity contribution is -0.131. The third-order valence-electron chi connectivity index (χ3n) is 6.59. The molecule has 1 N–H and O–H groups in total. The molecular weight excluding hydrogens is 486 g/mol. The van der Waals surface area contributed by atoms with Crippen molar-refractivity contribution in [2.75, 3.05) is 26.4 Å². The number of aliphatic hydroxyl groups excluding tert-OH is 1. The van der Waals surface area contributed by atoms with Crippen LogP contribution in [0.4, 0.5) is 4.79 Å². The molecule has 2 aromatic carbocycles. The Labute approximate surface area is 222 Å². The second-order valence-electron chi connectivity index (χ2n) is 9.47. The van der Waals surface area contributed by atoms with Gasteiger partial charge < -0.3 is 19.0 Å². The molecule has 0 bridgehead atoms. The Morgan fingerprint density at radius 1 is 1.11 bits per heavy atom. The summed E-state index contributed by atoms with van der Waals surface area (Å²) < 4.78 is 16.6. The second kappa shape index (κ2) is 12.7. The second-order valence-corrected chi connectivity index (χ2v) is 9.47. The smallest absolute Gasteiger partial charge is 0.417 e. The van der Waals surface area contributed by atoms with Crippen LogP contribution in [0.25, 0.3) is 11.1 Å². The molecule has 0 spiro atoms. The molecule has 0 unspecified atom stereocenters. The van der Waals surface area contributed by atoms with Crippen molar-refractivity contribution in [2.24, 2.45) is 5.92 Å². The van der Waals surface area contributed by atoms with Crippen LogP contribution in [0.3, 0.4) is 0 Å². The van der Waals surface area contributed by atoms with Gasteiger partial charge in [0.1, 0.15) is 18.3 Å². The number of aliphatic hydroxyl groups is 1. The zero-order valence-electron chi connectivity index (χ0n) is 21.7. The van der Waals surface area contributed by atoms with Crippen molar-refractivity contribution in [3.63, 3.8) is 0 Å². The number of aryl methyl sites for hydroxylation is 2. The van der Waals surface area contributed by atoms with E-state index in [-0.39, 0.29) is 25.6 Å². The molecule has 1 aliphatic heterocycles. The average molecular weight is 520 g/mol. The number of cyclic esters (lactones) is 1. The number of hydrogen-bond acceptors (Lipinski definition) is 7. The maximum Gasteiger partial charge on any atom is 0.417 e. The van der Waals surface area contributed by atoms with E-state index in [1.165, 1.54) is 6.92 Å². The highest BCUT2D eigenvalue weighted by atomic mass is 16.6. The van der Waals surface area contributed by atoms with E-state index < -0.39 is 29.7 Å². The van der Waals surface area contributed by atoms with Gasteiger partial charge in [-0.25, -0.2) is 9.69 Å². The van der Waals surface area contributed by atoms with Crippen molar-refractivity contribution in [3.8, 4) is 11.1 Å². The molecule has 4 rings (SSSR count). The monoisotopic (exact) mass is 519 g/mol. The van der Waals surface area contributed by atoms with Crippen LogP contribution < -0.4 is 0 Å². The molecule has 200 valence electrons. The highest BCUT2D eigenvalue weighted by Gasteiger charge is 2.42. The quantitative estimate of drug-likeness (QED) is 0.212. The maximum atomic E-state index is 13.4. The van der Waals surface area contributed by atoms with E-state index in [2.05, 4.69) is 0 Å². The number of imide groups is 1. The molecule has 8 nitrogen and oxygen atoms in total. The number of carbonyl (C=O) groups excluding carboxylic acids is 3. The van der Waals surface area contributed by atoms with E-state index in [0.717, 1.165) is 27.2 Å². The van der Waals surface area contributed by atoms with Crippen LogP contribution in [0.5, 0.6) is 0 Å². The minimum atomic E-state index is -1.13. The molecule has 1 saturated heterocycles. The summed E-state index contributed by atoms with van der Waals surface area (Å²) in [5.74, 6) is -1.54. The van der Waals surface area contributed by atoms with E-state index in [1.807, 2.05) is 61.5 Å². The number of ether oxygens (including phenoxy) is 2. The van der Waals surface area contributed by atoms with Crippen molar-refractivity contribution in [3.05, 3.63) is 83.3 Å². The summed E-state index contributed by atoms with van der Waals surface area (Å²) in [7, 11) is 0. The molecule has 38 heavy (non-hydrogen) atoms. The molecule has 1 aliphatic rings. The van der Waals surface area contributed by atoms with Gasteiger partial charge >= 0.3 is 6.09 Å². The summed E-state index contributed by atoms with van der Waals surface area (Å²) in [6, 6.07) is 18.6. The van der Waals surface area contributed by atoms with Crippen molar-refractivity contribution in [2.45, 2.75) is 39.2 Å². The molecule has 0 radical (unpaired) electrons. The van der Waals surface area contributed by atoms with Gasteiger partial charge in [0.25, 0.3) is 0 Å². The lowest BCUT2D eigenvalue weighted by Gasteiger charge is -2.22. The van der Waals surface area contributed by atoms with Crippen LogP contribution in [0, 0.1) is 12.8 Å². The Bertz CT molecular complexity index is 1270. The van der Waals surface area contributed by atoms with E-state index in [9.17, 15) is 14.4 Å². The third kappa shape index (κ3) is 6.38. The van der Waals surface area contributed by atoms with Gasteiger partial charge in [0.05, 0.1) is 19.3 Å². The van der Waals surface area contributed by atoms with Gasteiger partial charge in [-0.2, -0.15) is 0 Å². The number of furan rings is 1. The Balaban J connectivity index is 1.54.